The zero-order valence-electron chi connectivity index (χ0n) is 12.7. The molecule has 5 nitrogen and oxygen atoms in total. The van der Waals surface area contributed by atoms with Gasteiger partial charge in [0.15, 0.2) is 0 Å². The highest BCUT2D eigenvalue weighted by Gasteiger charge is 2.11. The number of rotatable bonds is 8. The van der Waals surface area contributed by atoms with E-state index in [9.17, 15) is 8.42 Å². The lowest BCUT2D eigenvalue weighted by molar-refractivity contribution is 0.339. The molecule has 0 aromatic heterocycles. The Morgan fingerprint density at radius 3 is 2.35 bits per heavy atom. The van der Waals surface area contributed by atoms with Gasteiger partial charge in [0.05, 0.1) is 12.9 Å². The van der Waals surface area contributed by atoms with Gasteiger partial charge in [0.25, 0.3) is 0 Å². The standard InChI is InChI=1S/C16H18ClNO4S/c1-21-14-6-8-15(9-7-14)22-10-11-23(19,20)18-12-13-4-2-3-5-16(13)17/h2-9,18H,10-12H2,1H3. The van der Waals surface area contributed by atoms with Gasteiger partial charge in [-0.05, 0) is 35.9 Å². The van der Waals surface area contributed by atoms with Crippen molar-refractivity contribution in [3.8, 4) is 11.5 Å². The van der Waals surface area contributed by atoms with Crippen molar-refractivity contribution in [1.29, 1.82) is 0 Å². The summed E-state index contributed by atoms with van der Waals surface area (Å²) < 4.78 is 36.9. The third-order valence-corrected chi connectivity index (χ3v) is 4.78. The van der Waals surface area contributed by atoms with Crippen LogP contribution < -0.4 is 14.2 Å². The second-order valence-corrected chi connectivity index (χ2v) is 7.09. The molecule has 0 fully saturated rings. The monoisotopic (exact) mass is 355 g/mol. The first-order valence-corrected chi connectivity index (χ1v) is 9.01. The third-order valence-electron chi connectivity index (χ3n) is 3.12. The molecule has 0 spiro atoms. The second kappa shape index (κ2) is 8.19. The molecule has 2 aromatic rings. The van der Waals surface area contributed by atoms with E-state index >= 15 is 0 Å². The van der Waals surface area contributed by atoms with Crippen molar-refractivity contribution in [3.05, 3.63) is 59.1 Å². The second-order valence-electron chi connectivity index (χ2n) is 4.76. The zero-order valence-corrected chi connectivity index (χ0v) is 14.2. The molecule has 0 saturated heterocycles. The van der Waals surface area contributed by atoms with Crippen LogP contribution in [0.3, 0.4) is 0 Å². The first-order valence-electron chi connectivity index (χ1n) is 6.98. The van der Waals surface area contributed by atoms with E-state index in [0.29, 0.717) is 16.5 Å². The van der Waals surface area contributed by atoms with E-state index in [1.807, 2.05) is 6.07 Å². The molecule has 124 valence electrons. The summed E-state index contributed by atoms with van der Waals surface area (Å²) in [5, 5.41) is 0.532. The lowest BCUT2D eigenvalue weighted by Crippen LogP contribution is -2.28. The predicted molar refractivity (Wildman–Crippen MR) is 90.6 cm³/mol. The zero-order chi connectivity index (χ0) is 16.7. The molecule has 0 bridgehead atoms. The van der Waals surface area contributed by atoms with Crippen molar-refractivity contribution in [2.45, 2.75) is 6.54 Å². The van der Waals surface area contributed by atoms with Crippen LogP contribution in [-0.4, -0.2) is 27.9 Å². The molecule has 2 aromatic carbocycles. The summed E-state index contributed by atoms with van der Waals surface area (Å²) in [7, 11) is -1.86. The first-order chi connectivity index (χ1) is 11.0. The van der Waals surface area contributed by atoms with Gasteiger partial charge < -0.3 is 9.47 Å². The topological polar surface area (TPSA) is 64.6 Å². The summed E-state index contributed by atoms with van der Waals surface area (Å²) >= 11 is 5.99. The molecule has 23 heavy (non-hydrogen) atoms. The van der Waals surface area contributed by atoms with Crippen LogP contribution in [0.4, 0.5) is 0 Å². The molecule has 0 unspecified atom stereocenters. The SMILES string of the molecule is COc1ccc(OCCS(=O)(=O)NCc2ccccc2Cl)cc1. The smallest absolute Gasteiger partial charge is 0.215 e. The highest BCUT2D eigenvalue weighted by molar-refractivity contribution is 7.89. The van der Waals surface area contributed by atoms with Gasteiger partial charge in [-0.15, -0.1) is 0 Å². The summed E-state index contributed by atoms with van der Waals surface area (Å²) in [6, 6.07) is 14.0. The Kier molecular flexibility index (Phi) is 6.27. The van der Waals surface area contributed by atoms with Crippen molar-refractivity contribution in [2.24, 2.45) is 0 Å². The van der Waals surface area contributed by atoms with E-state index in [1.54, 1.807) is 49.6 Å². The van der Waals surface area contributed by atoms with E-state index in [1.165, 1.54) is 0 Å². The molecule has 1 N–H and O–H groups in total. The Morgan fingerprint density at radius 2 is 1.70 bits per heavy atom. The van der Waals surface area contributed by atoms with Gasteiger partial charge in [-0.3, -0.25) is 0 Å². The van der Waals surface area contributed by atoms with Crippen molar-refractivity contribution < 1.29 is 17.9 Å². The van der Waals surface area contributed by atoms with Crippen LogP contribution in [0.5, 0.6) is 11.5 Å². The van der Waals surface area contributed by atoms with E-state index < -0.39 is 10.0 Å². The van der Waals surface area contributed by atoms with E-state index in [4.69, 9.17) is 21.1 Å². The number of benzene rings is 2. The van der Waals surface area contributed by atoms with E-state index in [0.717, 1.165) is 5.56 Å². The summed E-state index contributed by atoms with van der Waals surface area (Å²) in [6.07, 6.45) is 0. The van der Waals surface area contributed by atoms with Crippen LogP contribution in [0.2, 0.25) is 5.02 Å². The average molecular weight is 356 g/mol. The van der Waals surface area contributed by atoms with Crippen LogP contribution in [-0.2, 0) is 16.6 Å². The molecule has 0 aliphatic rings. The molecule has 0 amide bonds. The molecule has 0 saturated carbocycles. The Labute approximate surface area is 141 Å². The van der Waals surface area contributed by atoms with Crippen LogP contribution in [0.15, 0.2) is 48.5 Å². The Balaban J connectivity index is 1.80. The fourth-order valence-corrected chi connectivity index (χ4v) is 2.87. The Bertz CT molecular complexity index is 732. The van der Waals surface area contributed by atoms with Crippen LogP contribution in [0, 0.1) is 0 Å². The van der Waals surface area contributed by atoms with Gasteiger partial charge >= 0.3 is 0 Å². The summed E-state index contributed by atoms with van der Waals surface area (Å²) in [5.74, 6) is 1.17. The molecular weight excluding hydrogens is 338 g/mol. The number of hydrogen-bond acceptors (Lipinski definition) is 4. The molecule has 0 radical (unpaired) electrons. The van der Waals surface area contributed by atoms with Crippen molar-refractivity contribution in [2.75, 3.05) is 19.5 Å². The fraction of sp³-hybridized carbons (Fsp3) is 0.250. The molecule has 0 aliphatic heterocycles. The fourth-order valence-electron chi connectivity index (χ4n) is 1.84. The normalized spacial score (nSPS) is 11.2. The summed E-state index contributed by atoms with van der Waals surface area (Å²) in [6.45, 7) is 0.217. The number of sulfonamides is 1. The number of nitrogens with one attached hydrogen (secondary N) is 1. The van der Waals surface area contributed by atoms with E-state index in [2.05, 4.69) is 4.72 Å². The maximum absolute atomic E-state index is 12.0. The molecule has 2 rings (SSSR count). The van der Waals surface area contributed by atoms with Crippen LogP contribution >= 0.6 is 11.6 Å². The van der Waals surface area contributed by atoms with E-state index in [-0.39, 0.29) is 18.9 Å². The highest BCUT2D eigenvalue weighted by atomic mass is 35.5. The Hall–Kier alpha value is -1.76. The maximum atomic E-state index is 12.0. The van der Waals surface area contributed by atoms with Crippen LogP contribution in [0.25, 0.3) is 0 Å². The number of hydrogen-bond donors (Lipinski definition) is 1. The van der Waals surface area contributed by atoms with Gasteiger partial charge in [0, 0.05) is 11.6 Å². The quantitative estimate of drug-likeness (QED) is 0.790. The molecular formula is C16H18ClNO4S. The van der Waals surface area contributed by atoms with Gasteiger partial charge in [-0.25, -0.2) is 13.1 Å². The van der Waals surface area contributed by atoms with Gasteiger partial charge in [0.1, 0.15) is 18.1 Å². The number of ether oxygens (including phenoxy) is 2. The van der Waals surface area contributed by atoms with Gasteiger partial charge in [0.2, 0.25) is 10.0 Å². The summed E-state index contributed by atoms with van der Waals surface area (Å²) in [5.41, 5.74) is 0.730. The van der Waals surface area contributed by atoms with Crippen molar-refractivity contribution >= 4 is 21.6 Å². The lowest BCUT2D eigenvalue weighted by Gasteiger charge is -2.09. The predicted octanol–water partition coefficient (Wildman–Crippen LogP) is 2.85. The maximum Gasteiger partial charge on any atom is 0.215 e. The molecule has 0 heterocycles. The summed E-state index contributed by atoms with van der Waals surface area (Å²) in [4.78, 5) is 0. The molecule has 7 heteroatoms. The van der Waals surface area contributed by atoms with Gasteiger partial charge in [-0.1, -0.05) is 29.8 Å². The van der Waals surface area contributed by atoms with Crippen molar-refractivity contribution in [3.63, 3.8) is 0 Å². The van der Waals surface area contributed by atoms with Crippen molar-refractivity contribution in [1.82, 2.24) is 4.72 Å². The number of halogens is 1. The minimum atomic E-state index is -3.44. The highest BCUT2D eigenvalue weighted by Crippen LogP contribution is 2.17. The minimum Gasteiger partial charge on any atom is -0.497 e. The number of methoxy groups -OCH3 is 1. The minimum absolute atomic E-state index is 0.0597. The largest absolute Gasteiger partial charge is 0.497 e. The average Bonchev–Trinajstić information content (AvgIpc) is 2.55. The molecule has 0 atom stereocenters. The third kappa shape index (κ3) is 5.74. The molecule has 0 aliphatic carbocycles. The lowest BCUT2D eigenvalue weighted by atomic mass is 10.2. The Morgan fingerprint density at radius 1 is 1.04 bits per heavy atom. The van der Waals surface area contributed by atoms with Crippen LogP contribution in [0.1, 0.15) is 5.56 Å². The first kappa shape index (κ1) is 17.6. The van der Waals surface area contributed by atoms with Gasteiger partial charge in [-0.2, -0.15) is 0 Å².